The molecule has 0 aromatic heterocycles. The largest absolute Gasteiger partial charge is 0.462 e. The van der Waals surface area contributed by atoms with Gasteiger partial charge in [-0.25, -0.2) is 0 Å². The van der Waals surface area contributed by atoms with Crippen LogP contribution in [0.3, 0.4) is 0 Å². The lowest BCUT2D eigenvalue weighted by molar-refractivity contribution is -0.166. The van der Waals surface area contributed by atoms with Crippen molar-refractivity contribution < 1.29 is 28.6 Å². The maximum atomic E-state index is 12.9. The SMILES string of the molecule is CC/C=C\C/C=C\C/C=C\C/C=C\C/C=C\CC(=O)OCC(COC(=O)CCCCCCCCCCCCCCCCCCCC/C=C\C/C=C\C/C=C\CCCCCCC)OC(=O)CCCCCCCCCCCCCCCCCCC. The van der Waals surface area contributed by atoms with Crippen molar-refractivity contribution in [3.8, 4) is 0 Å². The Morgan fingerprint density at radius 3 is 0.843 bits per heavy atom. The molecule has 0 aliphatic rings. The molecule has 478 valence electrons. The van der Waals surface area contributed by atoms with Crippen LogP contribution in [0.25, 0.3) is 0 Å². The Morgan fingerprint density at radius 1 is 0.265 bits per heavy atom. The van der Waals surface area contributed by atoms with Crippen LogP contribution in [-0.2, 0) is 28.6 Å². The van der Waals surface area contributed by atoms with Gasteiger partial charge in [-0.15, -0.1) is 0 Å². The number of rotatable bonds is 65. The van der Waals surface area contributed by atoms with Gasteiger partial charge in [0, 0.05) is 12.8 Å². The summed E-state index contributed by atoms with van der Waals surface area (Å²) in [5, 5.41) is 0. The first-order chi connectivity index (χ1) is 41.0. The molecule has 1 unspecified atom stereocenters. The molecular formula is C77H134O6. The van der Waals surface area contributed by atoms with Gasteiger partial charge in [0.15, 0.2) is 6.10 Å². The fraction of sp³-hybridized carbons (Fsp3) is 0.753. The molecule has 0 heterocycles. The van der Waals surface area contributed by atoms with Gasteiger partial charge >= 0.3 is 17.9 Å². The van der Waals surface area contributed by atoms with Gasteiger partial charge in [-0.2, -0.15) is 0 Å². The Balaban J connectivity index is 4.23. The third kappa shape index (κ3) is 69.0. The van der Waals surface area contributed by atoms with Crippen LogP contribution >= 0.6 is 0 Å². The molecule has 0 aromatic rings. The predicted octanol–water partition coefficient (Wildman–Crippen LogP) is 24.8. The number of carbonyl (C=O) groups excluding carboxylic acids is 3. The van der Waals surface area contributed by atoms with Crippen LogP contribution in [0.1, 0.15) is 355 Å². The van der Waals surface area contributed by atoms with Crippen LogP contribution in [0.4, 0.5) is 0 Å². The molecule has 83 heavy (non-hydrogen) atoms. The highest BCUT2D eigenvalue weighted by Crippen LogP contribution is 2.18. The summed E-state index contributed by atoms with van der Waals surface area (Å²) in [6.07, 6.45) is 96.2. The summed E-state index contributed by atoms with van der Waals surface area (Å²) in [4.78, 5) is 38.3. The first kappa shape index (κ1) is 79.3. The number of unbranched alkanes of at least 4 members (excludes halogenated alkanes) is 39. The highest BCUT2D eigenvalue weighted by Gasteiger charge is 2.19. The fourth-order valence-corrected chi connectivity index (χ4v) is 10.3. The van der Waals surface area contributed by atoms with E-state index in [9.17, 15) is 14.4 Å². The van der Waals surface area contributed by atoms with Gasteiger partial charge in [0.1, 0.15) is 13.2 Å². The average molecular weight is 1160 g/mol. The van der Waals surface area contributed by atoms with Crippen LogP contribution in [-0.4, -0.2) is 37.2 Å². The van der Waals surface area contributed by atoms with E-state index in [2.05, 4.69) is 106 Å². The molecule has 0 aromatic carbocycles. The quantitative estimate of drug-likeness (QED) is 0.0261. The molecule has 1 atom stereocenters. The van der Waals surface area contributed by atoms with E-state index in [0.717, 1.165) is 83.5 Å². The van der Waals surface area contributed by atoms with E-state index in [0.29, 0.717) is 12.8 Å². The molecule has 0 saturated heterocycles. The van der Waals surface area contributed by atoms with E-state index in [4.69, 9.17) is 14.2 Å². The molecule has 6 nitrogen and oxygen atoms in total. The van der Waals surface area contributed by atoms with Gasteiger partial charge in [0.2, 0.25) is 0 Å². The van der Waals surface area contributed by atoms with E-state index in [1.165, 1.54) is 231 Å². The second kappa shape index (κ2) is 70.8. The van der Waals surface area contributed by atoms with Crippen molar-refractivity contribution in [1.82, 2.24) is 0 Å². The minimum Gasteiger partial charge on any atom is -0.462 e. The van der Waals surface area contributed by atoms with Crippen molar-refractivity contribution in [2.24, 2.45) is 0 Å². The van der Waals surface area contributed by atoms with Crippen molar-refractivity contribution in [2.45, 2.75) is 361 Å². The van der Waals surface area contributed by atoms with Gasteiger partial charge in [-0.05, 0) is 83.5 Å². The molecule has 6 heteroatoms. The first-order valence-corrected chi connectivity index (χ1v) is 35.7. The summed E-state index contributed by atoms with van der Waals surface area (Å²) in [5.41, 5.74) is 0. The molecule has 0 N–H and O–H groups in total. The van der Waals surface area contributed by atoms with Crippen molar-refractivity contribution in [3.63, 3.8) is 0 Å². The first-order valence-electron chi connectivity index (χ1n) is 35.7. The Hall–Kier alpha value is -3.67. The molecule has 0 radical (unpaired) electrons. The summed E-state index contributed by atoms with van der Waals surface area (Å²) in [5.74, 6) is -1.02. The zero-order valence-electron chi connectivity index (χ0n) is 54.9. The molecular weight excluding hydrogens is 1020 g/mol. The Bertz CT molecular complexity index is 1610. The van der Waals surface area contributed by atoms with Gasteiger partial charge in [0.25, 0.3) is 0 Å². The second-order valence-corrected chi connectivity index (χ2v) is 23.8. The van der Waals surface area contributed by atoms with E-state index < -0.39 is 12.1 Å². The normalized spacial score (nSPS) is 12.7. The molecule has 0 amide bonds. The van der Waals surface area contributed by atoms with Crippen LogP contribution < -0.4 is 0 Å². The minimum atomic E-state index is -0.816. The molecule has 0 spiro atoms. The molecule has 0 rings (SSSR count). The standard InChI is InChI=1S/C77H134O6/c1-4-7-10-13-16-19-22-25-28-30-31-32-33-34-35-36-37-38-39-40-41-42-43-44-45-47-49-52-55-58-61-64-67-70-76(79)82-73-74(72-81-75(78)69-66-63-60-57-54-51-48-27-24-21-18-15-12-9-6-3)83-77(80)71-68-65-62-59-56-53-50-46-29-26-23-20-17-14-11-8-5-2/h9,12,18,21-22,25,27,30-31,33-34,48,54,57,63,66,74H,4-8,10-11,13-17,19-20,23-24,26,28-29,32,35-47,49-53,55-56,58-62,64-65,67-73H2,1-3H3/b12-9-,21-18-,25-22-,31-30-,34-33-,48-27-,57-54-,66-63-. The summed E-state index contributed by atoms with van der Waals surface area (Å²) < 4.78 is 16.9. The van der Waals surface area contributed by atoms with E-state index in [-0.39, 0.29) is 31.6 Å². The maximum absolute atomic E-state index is 12.9. The monoisotopic (exact) mass is 1160 g/mol. The van der Waals surface area contributed by atoms with Crippen molar-refractivity contribution in [1.29, 1.82) is 0 Å². The number of carbonyl (C=O) groups is 3. The van der Waals surface area contributed by atoms with Crippen LogP contribution in [0, 0.1) is 0 Å². The highest BCUT2D eigenvalue weighted by molar-refractivity contribution is 5.72. The zero-order chi connectivity index (χ0) is 59.9. The number of ether oxygens (including phenoxy) is 3. The molecule has 0 bridgehead atoms. The molecule has 0 fully saturated rings. The molecule has 0 aliphatic heterocycles. The average Bonchev–Trinajstić information content (AvgIpc) is 3.49. The number of esters is 3. The van der Waals surface area contributed by atoms with Gasteiger partial charge in [0.05, 0.1) is 6.42 Å². The van der Waals surface area contributed by atoms with Crippen molar-refractivity contribution in [3.05, 3.63) is 97.2 Å². The van der Waals surface area contributed by atoms with Crippen molar-refractivity contribution in [2.75, 3.05) is 13.2 Å². The van der Waals surface area contributed by atoms with E-state index >= 15 is 0 Å². The van der Waals surface area contributed by atoms with Gasteiger partial charge in [-0.1, -0.05) is 349 Å². The minimum absolute atomic E-state index is 0.103. The van der Waals surface area contributed by atoms with E-state index in [1.807, 2.05) is 12.2 Å². The summed E-state index contributed by atoms with van der Waals surface area (Å²) >= 11 is 0. The Kier molecular flexibility index (Phi) is 67.7. The lowest BCUT2D eigenvalue weighted by Gasteiger charge is -2.18. The lowest BCUT2D eigenvalue weighted by atomic mass is 10.0. The predicted molar refractivity (Wildman–Crippen MR) is 362 cm³/mol. The summed E-state index contributed by atoms with van der Waals surface area (Å²) in [6, 6.07) is 0. The Morgan fingerprint density at radius 2 is 0.518 bits per heavy atom. The van der Waals surface area contributed by atoms with Crippen LogP contribution in [0.2, 0.25) is 0 Å². The third-order valence-corrected chi connectivity index (χ3v) is 15.6. The van der Waals surface area contributed by atoms with Crippen molar-refractivity contribution >= 4 is 17.9 Å². The number of hydrogen-bond donors (Lipinski definition) is 0. The number of allylic oxidation sites excluding steroid dienone is 15. The summed E-state index contributed by atoms with van der Waals surface area (Å²) in [7, 11) is 0. The third-order valence-electron chi connectivity index (χ3n) is 15.6. The lowest BCUT2D eigenvalue weighted by Crippen LogP contribution is -2.30. The Labute approximate surface area is 515 Å². The van der Waals surface area contributed by atoms with Crippen LogP contribution in [0.5, 0.6) is 0 Å². The molecule has 0 aliphatic carbocycles. The summed E-state index contributed by atoms with van der Waals surface area (Å²) in [6.45, 7) is 6.47. The van der Waals surface area contributed by atoms with E-state index in [1.54, 1.807) is 0 Å². The number of hydrogen-bond acceptors (Lipinski definition) is 6. The van der Waals surface area contributed by atoms with Gasteiger partial charge in [-0.3, -0.25) is 14.4 Å². The van der Waals surface area contributed by atoms with Gasteiger partial charge < -0.3 is 14.2 Å². The van der Waals surface area contributed by atoms with Crippen LogP contribution in [0.15, 0.2) is 97.2 Å². The zero-order valence-corrected chi connectivity index (χ0v) is 54.9. The fourth-order valence-electron chi connectivity index (χ4n) is 10.3. The second-order valence-electron chi connectivity index (χ2n) is 23.8. The topological polar surface area (TPSA) is 78.9 Å². The smallest absolute Gasteiger partial charge is 0.309 e. The maximum Gasteiger partial charge on any atom is 0.309 e. The molecule has 0 saturated carbocycles. The highest BCUT2D eigenvalue weighted by atomic mass is 16.6.